The SMILES string of the molecule is C#Cc1ccc2[nH]c(S(=O)(=O)N3CCN(C(=O)c4nc5c(s4)CNC(C)C5)C(CCc4nnn[nH]4)C3)cc2c1. The Labute approximate surface area is 229 Å². The van der Waals surface area contributed by atoms with Gasteiger partial charge < -0.3 is 15.2 Å². The van der Waals surface area contributed by atoms with Gasteiger partial charge in [-0.2, -0.15) is 4.31 Å². The number of amides is 1. The van der Waals surface area contributed by atoms with Crippen molar-refractivity contribution >= 4 is 38.2 Å². The second-order valence-corrected chi connectivity index (χ2v) is 12.8. The van der Waals surface area contributed by atoms with Crippen LogP contribution < -0.4 is 5.32 Å². The number of hydrogen-bond acceptors (Lipinski definition) is 9. The highest BCUT2D eigenvalue weighted by molar-refractivity contribution is 7.89. The fourth-order valence-corrected chi connectivity index (χ4v) is 7.63. The minimum atomic E-state index is -3.85. The van der Waals surface area contributed by atoms with Crippen LogP contribution >= 0.6 is 11.3 Å². The molecule has 1 saturated heterocycles. The number of terminal acetylenes is 1. The highest BCUT2D eigenvalue weighted by atomic mass is 32.2. The number of aromatic amines is 2. The Hall–Kier alpha value is -3.64. The number of rotatable bonds is 6. The van der Waals surface area contributed by atoms with Gasteiger partial charge in [0.1, 0.15) is 10.9 Å². The van der Waals surface area contributed by atoms with E-state index in [0.29, 0.717) is 47.3 Å². The average Bonchev–Trinajstić information content (AvgIpc) is 3.70. The number of hydrogen-bond donors (Lipinski definition) is 3. The molecule has 3 N–H and O–H groups in total. The van der Waals surface area contributed by atoms with Gasteiger partial charge in [0.2, 0.25) is 0 Å². The molecule has 0 spiro atoms. The van der Waals surface area contributed by atoms with Crippen LogP contribution in [0.2, 0.25) is 0 Å². The van der Waals surface area contributed by atoms with Crippen molar-refractivity contribution in [1.82, 2.24) is 45.1 Å². The Bertz CT molecular complexity index is 1670. The number of benzene rings is 1. The summed E-state index contributed by atoms with van der Waals surface area (Å²) in [7, 11) is -3.85. The quantitative estimate of drug-likeness (QED) is 0.296. The minimum absolute atomic E-state index is 0.0962. The number of aromatic nitrogens is 6. The van der Waals surface area contributed by atoms with Crippen LogP contribution in [0.15, 0.2) is 29.3 Å². The summed E-state index contributed by atoms with van der Waals surface area (Å²) in [5.74, 6) is 2.98. The summed E-state index contributed by atoms with van der Waals surface area (Å²) in [6.45, 7) is 3.35. The predicted molar refractivity (Wildman–Crippen MR) is 144 cm³/mol. The normalized spacial score (nSPS) is 20.2. The molecule has 2 unspecified atom stereocenters. The van der Waals surface area contributed by atoms with E-state index >= 15 is 0 Å². The first kappa shape index (κ1) is 25.6. The second kappa shape index (κ2) is 10.2. The van der Waals surface area contributed by atoms with E-state index in [2.05, 4.69) is 48.8 Å². The first-order valence-electron chi connectivity index (χ1n) is 12.7. The van der Waals surface area contributed by atoms with Gasteiger partial charge in [-0.3, -0.25) is 4.79 Å². The van der Waals surface area contributed by atoms with Gasteiger partial charge in [-0.15, -0.1) is 22.9 Å². The third kappa shape index (κ3) is 4.94. The zero-order valence-electron chi connectivity index (χ0n) is 21.2. The molecule has 39 heavy (non-hydrogen) atoms. The van der Waals surface area contributed by atoms with E-state index < -0.39 is 10.0 Å². The largest absolute Gasteiger partial charge is 0.345 e. The van der Waals surface area contributed by atoms with Crippen molar-refractivity contribution in [2.24, 2.45) is 0 Å². The van der Waals surface area contributed by atoms with Gasteiger partial charge in [-0.25, -0.2) is 18.5 Å². The van der Waals surface area contributed by atoms with E-state index in [0.717, 1.165) is 22.4 Å². The van der Waals surface area contributed by atoms with E-state index in [9.17, 15) is 13.2 Å². The zero-order valence-corrected chi connectivity index (χ0v) is 22.8. The lowest BCUT2D eigenvalue weighted by molar-refractivity contribution is 0.0549. The van der Waals surface area contributed by atoms with Crippen LogP contribution in [0.5, 0.6) is 0 Å². The molecule has 14 heteroatoms. The fraction of sp³-hybridized carbons (Fsp3) is 0.400. The standard InChI is InChI=1S/C25H27N9O3S2/c1-3-16-4-6-19-17(11-16)12-23(27-19)39(36,37)33-8-9-34(18(14-33)5-7-22-29-31-32-30-22)25(35)24-28-20-10-15(2)26-13-21(20)38-24/h1,4,6,11-12,15,18,26-27H,5,7-10,13-14H2,2H3,(H,29,30,31,32). The monoisotopic (exact) mass is 565 g/mol. The molecule has 202 valence electrons. The number of sulfonamides is 1. The van der Waals surface area contributed by atoms with Gasteiger partial charge in [-0.05, 0) is 48.0 Å². The number of H-pyrrole nitrogens is 2. The molecule has 0 aliphatic carbocycles. The molecule has 0 radical (unpaired) electrons. The predicted octanol–water partition coefficient (Wildman–Crippen LogP) is 1.30. The molecule has 0 bridgehead atoms. The minimum Gasteiger partial charge on any atom is -0.345 e. The number of nitrogens with one attached hydrogen (secondary N) is 3. The van der Waals surface area contributed by atoms with Gasteiger partial charge in [0.25, 0.3) is 15.9 Å². The van der Waals surface area contributed by atoms with Gasteiger partial charge in [0.15, 0.2) is 5.01 Å². The van der Waals surface area contributed by atoms with Crippen molar-refractivity contribution in [3.8, 4) is 12.3 Å². The maximum Gasteiger partial charge on any atom is 0.283 e. The van der Waals surface area contributed by atoms with Crippen LogP contribution in [0.1, 0.15) is 45.1 Å². The van der Waals surface area contributed by atoms with E-state index in [-0.39, 0.29) is 36.6 Å². The third-order valence-corrected chi connectivity index (χ3v) is 10.1. The summed E-state index contributed by atoms with van der Waals surface area (Å²) in [5.41, 5.74) is 2.33. The summed E-state index contributed by atoms with van der Waals surface area (Å²) in [5, 5.41) is 18.6. The fourth-order valence-electron chi connectivity index (χ4n) is 5.15. The van der Waals surface area contributed by atoms with Crippen LogP contribution in [0.3, 0.4) is 0 Å². The van der Waals surface area contributed by atoms with Crippen molar-refractivity contribution in [3.05, 3.63) is 51.2 Å². The molecule has 1 fully saturated rings. The van der Waals surface area contributed by atoms with E-state index in [4.69, 9.17) is 6.42 Å². The molecule has 5 heterocycles. The third-order valence-electron chi connectivity index (χ3n) is 7.26. The zero-order chi connectivity index (χ0) is 27.1. The van der Waals surface area contributed by atoms with E-state index in [1.54, 1.807) is 29.2 Å². The molecule has 3 aromatic heterocycles. The Morgan fingerprint density at radius 2 is 2.15 bits per heavy atom. The van der Waals surface area contributed by atoms with Gasteiger partial charge in [-0.1, -0.05) is 5.92 Å². The van der Waals surface area contributed by atoms with Crippen LogP contribution in [0.4, 0.5) is 0 Å². The van der Waals surface area contributed by atoms with Crippen molar-refractivity contribution < 1.29 is 13.2 Å². The maximum absolute atomic E-state index is 13.7. The van der Waals surface area contributed by atoms with Crippen LogP contribution in [0.25, 0.3) is 10.9 Å². The molecular weight excluding hydrogens is 538 g/mol. The number of nitrogens with zero attached hydrogens (tertiary/aromatic N) is 6. The summed E-state index contributed by atoms with van der Waals surface area (Å²) in [4.78, 5) is 24.2. The lowest BCUT2D eigenvalue weighted by Gasteiger charge is -2.40. The van der Waals surface area contributed by atoms with Crippen LogP contribution in [0, 0.1) is 12.3 Å². The van der Waals surface area contributed by atoms with Crippen molar-refractivity contribution in [3.63, 3.8) is 0 Å². The summed E-state index contributed by atoms with van der Waals surface area (Å²) < 4.78 is 28.8. The summed E-state index contributed by atoms with van der Waals surface area (Å²) >= 11 is 1.41. The summed E-state index contributed by atoms with van der Waals surface area (Å²) in [6.07, 6.45) is 7.23. The van der Waals surface area contributed by atoms with Crippen molar-refractivity contribution in [2.75, 3.05) is 19.6 Å². The first-order valence-corrected chi connectivity index (χ1v) is 14.9. The highest BCUT2D eigenvalue weighted by Gasteiger charge is 2.38. The Kier molecular flexibility index (Phi) is 6.67. The number of tetrazole rings is 1. The molecule has 4 aromatic rings. The number of piperazine rings is 1. The van der Waals surface area contributed by atoms with E-state index in [1.165, 1.54) is 15.6 Å². The van der Waals surface area contributed by atoms with Crippen molar-refractivity contribution in [1.29, 1.82) is 0 Å². The smallest absolute Gasteiger partial charge is 0.283 e. The topological polar surface area (TPSA) is 153 Å². The maximum atomic E-state index is 13.7. The van der Waals surface area contributed by atoms with E-state index in [1.807, 2.05) is 0 Å². The number of fused-ring (bicyclic) bond motifs is 2. The number of carbonyl (C=O) groups is 1. The lowest BCUT2D eigenvalue weighted by Crippen LogP contribution is -2.56. The molecule has 1 amide bonds. The average molecular weight is 566 g/mol. The van der Waals surface area contributed by atoms with Crippen molar-refractivity contribution in [2.45, 2.75) is 49.8 Å². The Morgan fingerprint density at radius 3 is 2.95 bits per heavy atom. The number of thiazole rings is 1. The molecule has 2 aliphatic heterocycles. The lowest BCUT2D eigenvalue weighted by atomic mass is 10.1. The molecule has 1 aromatic carbocycles. The van der Waals surface area contributed by atoms with Gasteiger partial charge >= 0.3 is 0 Å². The Balaban J connectivity index is 1.26. The summed E-state index contributed by atoms with van der Waals surface area (Å²) in [6, 6.07) is 6.84. The number of carbonyl (C=O) groups excluding carboxylic acids is 1. The van der Waals surface area contributed by atoms with Gasteiger partial charge in [0.05, 0.1) is 5.69 Å². The molecule has 12 nitrogen and oxygen atoms in total. The Morgan fingerprint density at radius 1 is 1.28 bits per heavy atom. The molecule has 6 rings (SSSR count). The van der Waals surface area contributed by atoms with Crippen LogP contribution in [-0.4, -0.2) is 85.8 Å². The molecule has 2 aliphatic rings. The van der Waals surface area contributed by atoms with Gasteiger partial charge in [0, 0.05) is 72.4 Å². The molecular formula is C25H27N9O3S2. The first-order chi connectivity index (χ1) is 18.8. The second-order valence-electron chi connectivity index (χ2n) is 9.86. The highest BCUT2D eigenvalue weighted by Crippen LogP contribution is 2.29. The number of aryl methyl sites for hydroxylation is 1. The molecule has 2 atom stereocenters. The van der Waals surface area contributed by atoms with Crippen LogP contribution in [-0.2, 0) is 29.4 Å². The molecule has 0 saturated carbocycles.